The summed E-state index contributed by atoms with van der Waals surface area (Å²) in [5, 5.41) is 7.02. The van der Waals surface area contributed by atoms with Crippen molar-refractivity contribution in [2.45, 2.75) is 39.9 Å². The summed E-state index contributed by atoms with van der Waals surface area (Å²) in [7, 11) is -1.54. The molecular weight excluding hydrogens is 318 g/mol. The number of hydrogen-bond donors (Lipinski definition) is 2. The zero-order valence-electron chi connectivity index (χ0n) is 14.8. The quantitative estimate of drug-likeness (QED) is 0.641. The maximum Gasteiger partial charge on any atom is 0.240 e. The fourth-order valence-corrected chi connectivity index (χ4v) is 2.87. The van der Waals surface area contributed by atoms with E-state index in [2.05, 4.69) is 46.9 Å². The fourth-order valence-electron chi connectivity index (χ4n) is 2.36. The van der Waals surface area contributed by atoms with Gasteiger partial charge in [-0.05, 0) is 17.7 Å². The van der Waals surface area contributed by atoms with Crippen molar-refractivity contribution in [3.63, 3.8) is 0 Å². The van der Waals surface area contributed by atoms with E-state index in [4.69, 9.17) is 0 Å². The first kappa shape index (κ1) is 18.0. The molecule has 0 saturated heterocycles. The molecule has 1 heterocycles. The Labute approximate surface area is 143 Å². The molecule has 0 fully saturated rings. The van der Waals surface area contributed by atoms with E-state index in [1.165, 1.54) is 6.92 Å². The van der Waals surface area contributed by atoms with E-state index in [9.17, 15) is 9.59 Å². The molecule has 2 amide bonds. The van der Waals surface area contributed by atoms with Gasteiger partial charge in [-0.1, -0.05) is 38.6 Å². The van der Waals surface area contributed by atoms with Gasteiger partial charge in [0.2, 0.25) is 11.8 Å². The summed E-state index contributed by atoms with van der Waals surface area (Å²) in [6, 6.07) is 5.68. The molecule has 0 unspecified atom stereocenters. The third kappa shape index (κ3) is 4.80. The van der Waals surface area contributed by atoms with Gasteiger partial charge >= 0.3 is 0 Å². The molecule has 2 N–H and O–H groups in total. The molecule has 2 rings (SSSR count). The number of nitrogens with one attached hydrogen (secondary N) is 2. The van der Waals surface area contributed by atoms with Crippen molar-refractivity contribution in [2.75, 3.05) is 5.32 Å². The molecule has 1 atom stereocenters. The topological polar surface area (TPSA) is 70.6 Å². The van der Waals surface area contributed by atoms with Crippen molar-refractivity contribution in [3.8, 4) is 11.5 Å². The Balaban J connectivity index is 2.47. The zero-order valence-corrected chi connectivity index (χ0v) is 15.8. The van der Waals surface area contributed by atoms with Gasteiger partial charge < -0.3 is 5.32 Å². The number of anilines is 1. The van der Waals surface area contributed by atoms with Crippen molar-refractivity contribution in [1.82, 2.24) is 5.43 Å². The molecule has 1 aromatic rings. The molecule has 126 valence electrons. The number of hydrazone groups is 1. The summed E-state index contributed by atoms with van der Waals surface area (Å²) in [6.07, 6.45) is 0.419. The minimum Gasteiger partial charge on any atom is -0.325 e. The lowest BCUT2D eigenvalue weighted by molar-refractivity contribution is -0.122. The average molecular weight is 341 g/mol. The summed E-state index contributed by atoms with van der Waals surface area (Å²) in [6.45, 7) is 9.97. The van der Waals surface area contributed by atoms with Crippen LogP contribution in [0.5, 0.6) is 0 Å². The molecule has 1 aliphatic heterocycles. The normalized spacial score (nSPS) is 17.3. The standard InChI is InChI=1S/C18H23N3O2Si/c1-12-10-17(23)20-21-18(12)15-6-7-16(19-13(2)22)14(11-15)8-9-24(3,4)5/h6-7,11-12H,10H2,1-5H3,(H,19,22)(H,20,23)/t12-/m1/s1. The Morgan fingerprint density at radius 3 is 2.67 bits per heavy atom. The summed E-state index contributed by atoms with van der Waals surface area (Å²) < 4.78 is 0. The van der Waals surface area contributed by atoms with Crippen molar-refractivity contribution >= 4 is 31.3 Å². The largest absolute Gasteiger partial charge is 0.325 e. The van der Waals surface area contributed by atoms with Gasteiger partial charge in [0.25, 0.3) is 0 Å². The van der Waals surface area contributed by atoms with Crippen LogP contribution in [-0.4, -0.2) is 25.6 Å². The first-order valence-corrected chi connectivity index (χ1v) is 11.5. The molecule has 0 aromatic heterocycles. The fraction of sp³-hybridized carbons (Fsp3) is 0.389. The second-order valence-electron chi connectivity index (χ2n) is 7.08. The highest BCUT2D eigenvalue weighted by Gasteiger charge is 2.22. The molecule has 1 aliphatic rings. The SMILES string of the molecule is CC(=O)Nc1ccc(C2=NNC(=O)C[C@H]2C)cc1C#C[Si](C)(C)C. The van der Waals surface area contributed by atoms with Gasteiger partial charge in [0.05, 0.1) is 11.4 Å². The highest BCUT2D eigenvalue weighted by Crippen LogP contribution is 2.22. The van der Waals surface area contributed by atoms with Crippen LogP contribution in [0.1, 0.15) is 31.4 Å². The van der Waals surface area contributed by atoms with Crippen LogP contribution in [0, 0.1) is 17.4 Å². The molecule has 0 spiro atoms. The van der Waals surface area contributed by atoms with E-state index < -0.39 is 8.07 Å². The number of benzene rings is 1. The number of amides is 2. The van der Waals surface area contributed by atoms with Crippen LogP contribution < -0.4 is 10.7 Å². The van der Waals surface area contributed by atoms with Crippen molar-refractivity contribution in [3.05, 3.63) is 29.3 Å². The number of nitrogens with zero attached hydrogens (tertiary/aromatic N) is 1. The predicted octanol–water partition coefficient (Wildman–Crippen LogP) is 2.73. The summed E-state index contributed by atoms with van der Waals surface area (Å²) >= 11 is 0. The van der Waals surface area contributed by atoms with E-state index >= 15 is 0 Å². The second kappa shape index (κ2) is 7.01. The first-order valence-electron chi connectivity index (χ1n) is 7.97. The number of carbonyl (C=O) groups is 2. The van der Waals surface area contributed by atoms with Gasteiger partial charge in [-0.25, -0.2) is 5.43 Å². The highest BCUT2D eigenvalue weighted by molar-refractivity contribution is 6.83. The molecule has 0 bridgehead atoms. The van der Waals surface area contributed by atoms with Gasteiger partial charge in [-0.15, -0.1) is 5.54 Å². The molecule has 5 nitrogen and oxygen atoms in total. The first-order chi connectivity index (χ1) is 11.2. The molecule has 24 heavy (non-hydrogen) atoms. The van der Waals surface area contributed by atoms with Crippen LogP contribution in [0.25, 0.3) is 0 Å². The number of hydrogen-bond acceptors (Lipinski definition) is 3. The van der Waals surface area contributed by atoms with Crippen LogP contribution >= 0.6 is 0 Å². The maximum absolute atomic E-state index is 11.4. The van der Waals surface area contributed by atoms with Crippen molar-refractivity contribution in [1.29, 1.82) is 0 Å². The Kier molecular flexibility index (Phi) is 5.25. The molecular formula is C18H23N3O2Si. The lowest BCUT2D eigenvalue weighted by atomic mass is 9.93. The van der Waals surface area contributed by atoms with Crippen LogP contribution in [0.2, 0.25) is 19.6 Å². The highest BCUT2D eigenvalue weighted by atomic mass is 28.3. The van der Waals surface area contributed by atoms with Crippen LogP contribution in [-0.2, 0) is 9.59 Å². The zero-order chi connectivity index (χ0) is 17.9. The minimum atomic E-state index is -1.54. The van der Waals surface area contributed by atoms with Gasteiger partial charge in [0.1, 0.15) is 8.07 Å². The van der Waals surface area contributed by atoms with Crippen LogP contribution in [0.4, 0.5) is 5.69 Å². The minimum absolute atomic E-state index is 0.0446. The monoisotopic (exact) mass is 341 g/mol. The summed E-state index contributed by atoms with van der Waals surface area (Å²) in [5.41, 5.74) is 9.08. The number of rotatable bonds is 2. The summed E-state index contributed by atoms with van der Waals surface area (Å²) in [5.74, 6) is 3.06. The van der Waals surface area contributed by atoms with Gasteiger partial charge in [-0.3, -0.25) is 9.59 Å². The van der Waals surface area contributed by atoms with E-state index in [0.717, 1.165) is 16.8 Å². The van der Waals surface area contributed by atoms with Gasteiger partial charge in [0.15, 0.2) is 0 Å². The molecule has 0 aliphatic carbocycles. The molecule has 0 radical (unpaired) electrons. The third-order valence-electron chi connectivity index (χ3n) is 3.46. The lowest BCUT2D eigenvalue weighted by Crippen LogP contribution is -2.32. The molecule has 1 aromatic carbocycles. The van der Waals surface area contributed by atoms with Gasteiger partial charge in [-0.2, -0.15) is 5.10 Å². The Morgan fingerprint density at radius 1 is 1.38 bits per heavy atom. The predicted molar refractivity (Wildman–Crippen MR) is 99.4 cm³/mol. The summed E-state index contributed by atoms with van der Waals surface area (Å²) in [4.78, 5) is 22.8. The van der Waals surface area contributed by atoms with E-state index in [0.29, 0.717) is 12.1 Å². The molecule has 0 saturated carbocycles. The van der Waals surface area contributed by atoms with E-state index in [1.807, 2.05) is 25.1 Å². The van der Waals surface area contributed by atoms with E-state index in [1.54, 1.807) is 0 Å². The van der Waals surface area contributed by atoms with Crippen LogP contribution in [0.15, 0.2) is 23.3 Å². The Bertz CT molecular complexity index is 767. The Hall–Kier alpha value is -2.39. The van der Waals surface area contributed by atoms with Crippen molar-refractivity contribution in [2.24, 2.45) is 11.0 Å². The van der Waals surface area contributed by atoms with Crippen LogP contribution in [0.3, 0.4) is 0 Å². The van der Waals surface area contributed by atoms with Gasteiger partial charge in [0, 0.05) is 24.8 Å². The lowest BCUT2D eigenvalue weighted by Gasteiger charge is -2.20. The maximum atomic E-state index is 11.4. The third-order valence-corrected chi connectivity index (χ3v) is 4.33. The molecule has 6 heteroatoms. The average Bonchev–Trinajstić information content (AvgIpc) is 2.45. The van der Waals surface area contributed by atoms with Crippen molar-refractivity contribution < 1.29 is 9.59 Å². The Morgan fingerprint density at radius 2 is 2.08 bits per heavy atom. The number of carbonyl (C=O) groups excluding carboxylic acids is 2. The second-order valence-corrected chi connectivity index (χ2v) is 11.8. The smallest absolute Gasteiger partial charge is 0.240 e. The van der Waals surface area contributed by atoms with E-state index in [-0.39, 0.29) is 17.7 Å².